The van der Waals surface area contributed by atoms with Gasteiger partial charge in [0, 0.05) is 19.0 Å². The van der Waals surface area contributed by atoms with Crippen LogP contribution in [0.3, 0.4) is 0 Å². The number of likely N-dealkylation sites (tertiary alicyclic amines) is 1. The predicted molar refractivity (Wildman–Crippen MR) is 98.8 cm³/mol. The second kappa shape index (κ2) is 7.38. The van der Waals surface area contributed by atoms with Gasteiger partial charge in [-0.1, -0.05) is 19.1 Å². The maximum atomic E-state index is 14.3. The van der Waals surface area contributed by atoms with Crippen molar-refractivity contribution in [1.29, 1.82) is 0 Å². The SMILES string of the molecule is CCc1ncnc(O[C@H]2CCN(C(=O)c3cc(=O)c4ccccc4o3)C2)c1F. The second-order valence-electron chi connectivity index (χ2n) is 6.54. The average molecular weight is 383 g/mol. The van der Waals surface area contributed by atoms with Crippen molar-refractivity contribution >= 4 is 16.9 Å². The first-order valence-corrected chi connectivity index (χ1v) is 9.05. The first-order chi connectivity index (χ1) is 13.6. The summed E-state index contributed by atoms with van der Waals surface area (Å²) in [5.41, 5.74) is 0.377. The highest BCUT2D eigenvalue weighted by atomic mass is 19.1. The topological polar surface area (TPSA) is 85.5 Å². The Hall–Kier alpha value is -3.29. The van der Waals surface area contributed by atoms with Gasteiger partial charge in [0.05, 0.1) is 17.6 Å². The van der Waals surface area contributed by atoms with Crippen LogP contribution in [0.5, 0.6) is 5.88 Å². The number of carbonyl (C=O) groups is 1. The smallest absolute Gasteiger partial charge is 0.289 e. The molecular formula is C20H18FN3O4. The van der Waals surface area contributed by atoms with Crippen LogP contribution >= 0.6 is 0 Å². The quantitative estimate of drug-likeness (QED) is 0.688. The van der Waals surface area contributed by atoms with Gasteiger partial charge in [0.1, 0.15) is 18.0 Å². The lowest BCUT2D eigenvalue weighted by Gasteiger charge is -2.17. The lowest BCUT2D eigenvalue weighted by molar-refractivity contribution is 0.0739. The number of halogens is 1. The highest BCUT2D eigenvalue weighted by Gasteiger charge is 2.31. The highest BCUT2D eigenvalue weighted by Crippen LogP contribution is 2.22. The first kappa shape index (κ1) is 18.1. The minimum atomic E-state index is -0.574. The Morgan fingerprint density at radius 1 is 1.36 bits per heavy atom. The third-order valence-corrected chi connectivity index (χ3v) is 4.72. The molecule has 144 valence electrons. The Kier molecular flexibility index (Phi) is 4.77. The van der Waals surface area contributed by atoms with E-state index in [9.17, 15) is 14.0 Å². The van der Waals surface area contributed by atoms with Crippen LogP contribution < -0.4 is 10.2 Å². The number of amides is 1. The van der Waals surface area contributed by atoms with Gasteiger partial charge < -0.3 is 14.1 Å². The van der Waals surface area contributed by atoms with Crippen LogP contribution in [-0.4, -0.2) is 40.0 Å². The lowest BCUT2D eigenvalue weighted by Crippen LogP contribution is -2.31. The molecule has 1 atom stereocenters. The summed E-state index contributed by atoms with van der Waals surface area (Å²) < 4.78 is 25.5. The summed E-state index contributed by atoms with van der Waals surface area (Å²) in [7, 11) is 0. The van der Waals surface area contributed by atoms with Gasteiger partial charge in [-0.25, -0.2) is 4.98 Å². The van der Waals surface area contributed by atoms with E-state index >= 15 is 0 Å². The molecule has 1 fully saturated rings. The zero-order chi connectivity index (χ0) is 19.7. The predicted octanol–water partition coefficient (Wildman–Crippen LogP) is 2.58. The number of carbonyl (C=O) groups excluding carboxylic acids is 1. The molecule has 1 aliphatic heterocycles. The minimum absolute atomic E-state index is 0.0224. The summed E-state index contributed by atoms with van der Waals surface area (Å²) in [4.78, 5) is 34.2. The molecule has 4 rings (SSSR count). The summed E-state index contributed by atoms with van der Waals surface area (Å²) in [6.45, 7) is 2.45. The van der Waals surface area contributed by atoms with Gasteiger partial charge in [-0.3, -0.25) is 9.59 Å². The maximum Gasteiger partial charge on any atom is 0.289 e. The van der Waals surface area contributed by atoms with Gasteiger partial charge in [-0.05, 0) is 18.6 Å². The number of hydrogen-bond acceptors (Lipinski definition) is 6. The Labute approximate surface area is 159 Å². The molecule has 1 saturated heterocycles. The minimum Gasteiger partial charge on any atom is -0.470 e. The molecule has 0 saturated carbocycles. The number of para-hydroxylation sites is 1. The van der Waals surface area contributed by atoms with E-state index in [1.807, 2.05) is 0 Å². The van der Waals surface area contributed by atoms with E-state index in [0.717, 1.165) is 0 Å². The van der Waals surface area contributed by atoms with Crippen LogP contribution in [0.25, 0.3) is 11.0 Å². The highest BCUT2D eigenvalue weighted by molar-refractivity contribution is 5.93. The third-order valence-electron chi connectivity index (χ3n) is 4.72. The Balaban J connectivity index is 1.50. The zero-order valence-electron chi connectivity index (χ0n) is 15.2. The van der Waals surface area contributed by atoms with Gasteiger partial charge in [-0.2, -0.15) is 9.37 Å². The number of hydrogen-bond donors (Lipinski definition) is 0. The fraction of sp³-hybridized carbons (Fsp3) is 0.300. The van der Waals surface area contributed by atoms with E-state index in [0.29, 0.717) is 30.4 Å². The van der Waals surface area contributed by atoms with Crippen molar-refractivity contribution in [3.05, 3.63) is 64.2 Å². The molecule has 0 spiro atoms. The number of nitrogens with zero attached hydrogens (tertiary/aromatic N) is 3. The number of aryl methyl sites for hydroxylation is 1. The van der Waals surface area contributed by atoms with E-state index in [1.54, 1.807) is 31.2 Å². The van der Waals surface area contributed by atoms with Crippen molar-refractivity contribution in [2.24, 2.45) is 0 Å². The molecule has 0 unspecified atom stereocenters. The molecule has 1 aliphatic rings. The summed E-state index contributed by atoms with van der Waals surface area (Å²) >= 11 is 0. The molecule has 8 heteroatoms. The number of aromatic nitrogens is 2. The molecule has 0 N–H and O–H groups in total. The van der Waals surface area contributed by atoms with Gasteiger partial charge in [-0.15, -0.1) is 0 Å². The Morgan fingerprint density at radius 2 is 2.18 bits per heavy atom. The van der Waals surface area contributed by atoms with E-state index in [2.05, 4.69) is 9.97 Å². The molecule has 3 heterocycles. The number of fused-ring (bicyclic) bond motifs is 1. The van der Waals surface area contributed by atoms with Crippen LogP contribution in [0.15, 0.2) is 45.9 Å². The van der Waals surface area contributed by atoms with Gasteiger partial charge in [0.25, 0.3) is 11.8 Å². The molecule has 0 radical (unpaired) electrons. The molecule has 1 aromatic carbocycles. The summed E-state index contributed by atoms with van der Waals surface area (Å²) in [5.74, 6) is -1.10. The largest absolute Gasteiger partial charge is 0.470 e. The summed E-state index contributed by atoms with van der Waals surface area (Å²) in [6, 6.07) is 7.97. The fourth-order valence-electron chi connectivity index (χ4n) is 3.25. The van der Waals surface area contributed by atoms with Crippen molar-refractivity contribution in [3.63, 3.8) is 0 Å². The molecule has 0 aliphatic carbocycles. The van der Waals surface area contributed by atoms with Crippen molar-refractivity contribution in [2.45, 2.75) is 25.9 Å². The molecule has 0 bridgehead atoms. The van der Waals surface area contributed by atoms with Crippen LogP contribution in [-0.2, 0) is 6.42 Å². The summed E-state index contributed by atoms with van der Waals surface area (Å²) in [5, 5.41) is 0.424. The van der Waals surface area contributed by atoms with Crippen LogP contribution in [0.2, 0.25) is 0 Å². The van der Waals surface area contributed by atoms with Gasteiger partial charge in [0.2, 0.25) is 5.82 Å². The molecule has 1 amide bonds. The molecule has 3 aromatic rings. The van der Waals surface area contributed by atoms with E-state index in [4.69, 9.17) is 9.15 Å². The Morgan fingerprint density at radius 3 is 3.00 bits per heavy atom. The average Bonchev–Trinajstić information content (AvgIpc) is 3.17. The second-order valence-corrected chi connectivity index (χ2v) is 6.54. The number of benzene rings is 1. The lowest BCUT2D eigenvalue weighted by atomic mass is 10.2. The van der Waals surface area contributed by atoms with Crippen molar-refractivity contribution in [3.8, 4) is 5.88 Å². The van der Waals surface area contributed by atoms with Crippen molar-refractivity contribution in [1.82, 2.24) is 14.9 Å². The van der Waals surface area contributed by atoms with E-state index < -0.39 is 17.8 Å². The third kappa shape index (κ3) is 3.33. The normalized spacial score (nSPS) is 16.5. The monoisotopic (exact) mass is 383 g/mol. The molecule has 28 heavy (non-hydrogen) atoms. The van der Waals surface area contributed by atoms with Crippen LogP contribution in [0, 0.1) is 5.82 Å². The maximum absolute atomic E-state index is 14.3. The molecule has 2 aromatic heterocycles. The van der Waals surface area contributed by atoms with E-state index in [-0.39, 0.29) is 29.3 Å². The van der Waals surface area contributed by atoms with Crippen molar-refractivity contribution in [2.75, 3.05) is 13.1 Å². The van der Waals surface area contributed by atoms with Crippen molar-refractivity contribution < 1.29 is 18.3 Å². The zero-order valence-corrected chi connectivity index (χ0v) is 15.2. The van der Waals surface area contributed by atoms with Crippen LogP contribution in [0.4, 0.5) is 4.39 Å². The van der Waals surface area contributed by atoms with Crippen LogP contribution in [0.1, 0.15) is 29.6 Å². The number of rotatable bonds is 4. The fourth-order valence-corrected chi connectivity index (χ4v) is 3.25. The van der Waals surface area contributed by atoms with Gasteiger partial charge >= 0.3 is 0 Å². The first-order valence-electron chi connectivity index (χ1n) is 9.05. The summed E-state index contributed by atoms with van der Waals surface area (Å²) in [6.07, 6.45) is 1.82. The van der Waals surface area contributed by atoms with E-state index in [1.165, 1.54) is 17.3 Å². The number of ether oxygens (including phenoxy) is 1. The molecular weight excluding hydrogens is 365 g/mol. The molecule has 7 nitrogen and oxygen atoms in total. The Bertz CT molecular complexity index is 1100. The standard InChI is InChI=1S/C20H18FN3O4/c1-2-14-18(21)19(23-11-22-14)27-12-7-8-24(10-12)20(26)17-9-15(25)13-5-3-4-6-16(13)28-17/h3-6,9,11-12H,2,7-8,10H2,1H3/t12-/m0/s1. The van der Waals surface area contributed by atoms with Gasteiger partial charge in [0.15, 0.2) is 11.2 Å².